The lowest BCUT2D eigenvalue weighted by Crippen LogP contribution is -2.51. The molecule has 0 aromatic heterocycles. The van der Waals surface area contributed by atoms with Gasteiger partial charge in [0.2, 0.25) is 11.8 Å². The Morgan fingerprint density at radius 1 is 1.12 bits per heavy atom. The van der Waals surface area contributed by atoms with E-state index in [1.54, 1.807) is 0 Å². The minimum Gasteiger partial charge on any atom is -0.396 e. The third-order valence-corrected chi connectivity index (χ3v) is 5.28. The fourth-order valence-corrected chi connectivity index (χ4v) is 3.86. The first-order chi connectivity index (χ1) is 12.1. The largest absolute Gasteiger partial charge is 0.396 e. The zero-order valence-corrected chi connectivity index (χ0v) is 14.0. The highest BCUT2D eigenvalue weighted by atomic mass is 16.3. The van der Waals surface area contributed by atoms with Crippen LogP contribution in [0.1, 0.15) is 41.6 Å². The molecule has 1 unspecified atom stereocenters. The van der Waals surface area contributed by atoms with Crippen molar-refractivity contribution in [3.63, 3.8) is 0 Å². The molecule has 0 saturated carbocycles. The Kier molecular flexibility index (Phi) is 3.95. The van der Waals surface area contributed by atoms with E-state index in [9.17, 15) is 19.5 Å². The number of aliphatic hydroxyl groups is 1. The van der Waals surface area contributed by atoms with Gasteiger partial charge in [0.05, 0.1) is 6.54 Å². The maximum absolute atomic E-state index is 12.8. The number of carbonyl (C=O) groups excluding carboxylic acids is 3. The fourth-order valence-electron chi connectivity index (χ4n) is 3.86. The molecule has 1 atom stereocenters. The first-order valence-electron chi connectivity index (χ1n) is 8.75. The average Bonchev–Trinajstić information content (AvgIpc) is 3.20. The smallest absolute Gasteiger partial charge is 0.273 e. The Balaban J connectivity index is 1.58. The normalized spacial score (nSPS) is 23.6. The van der Waals surface area contributed by atoms with Crippen LogP contribution in [0.3, 0.4) is 0 Å². The molecule has 4 rings (SSSR count). The Bertz CT molecular complexity index is 732. The maximum Gasteiger partial charge on any atom is 0.273 e. The summed E-state index contributed by atoms with van der Waals surface area (Å²) in [6.07, 6.45) is 2.08. The van der Waals surface area contributed by atoms with Crippen LogP contribution >= 0.6 is 0 Å². The molecule has 1 aromatic rings. The molecule has 2 saturated heterocycles. The van der Waals surface area contributed by atoms with Crippen molar-refractivity contribution in [1.29, 1.82) is 0 Å². The number of carbonyl (C=O) groups is 3. The van der Waals surface area contributed by atoms with Gasteiger partial charge in [0.25, 0.3) is 5.91 Å². The van der Waals surface area contributed by atoms with Crippen molar-refractivity contribution in [2.24, 2.45) is 5.92 Å². The minimum absolute atomic E-state index is 0.174. The van der Waals surface area contributed by atoms with Gasteiger partial charge in [-0.2, -0.15) is 5.01 Å². The molecule has 3 amide bonds. The van der Waals surface area contributed by atoms with Gasteiger partial charge >= 0.3 is 0 Å². The highest BCUT2D eigenvalue weighted by Gasteiger charge is 2.39. The van der Waals surface area contributed by atoms with Gasteiger partial charge in [0.15, 0.2) is 0 Å². The molecule has 1 N–H and O–H groups in total. The summed E-state index contributed by atoms with van der Waals surface area (Å²) in [4.78, 5) is 39.2. The molecule has 1 aromatic carbocycles. The highest BCUT2D eigenvalue weighted by Crippen LogP contribution is 2.32. The molecule has 3 heterocycles. The Hall–Kier alpha value is -2.41. The number of benzene rings is 1. The summed E-state index contributed by atoms with van der Waals surface area (Å²) < 4.78 is 0. The van der Waals surface area contributed by atoms with E-state index in [4.69, 9.17) is 0 Å². The van der Waals surface area contributed by atoms with Crippen LogP contribution in [-0.2, 0) is 16.1 Å². The fraction of sp³-hybridized carbons (Fsp3) is 0.500. The van der Waals surface area contributed by atoms with E-state index < -0.39 is 0 Å². The van der Waals surface area contributed by atoms with E-state index in [0.29, 0.717) is 24.8 Å². The molecular weight excluding hydrogens is 322 g/mol. The molecule has 7 nitrogen and oxygen atoms in total. The molecule has 7 heteroatoms. The number of nitrogens with zero attached hydrogens (tertiary/aromatic N) is 3. The van der Waals surface area contributed by atoms with Crippen LogP contribution in [0, 0.1) is 5.92 Å². The molecule has 0 radical (unpaired) electrons. The summed E-state index contributed by atoms with van der Waals surface area (Å²) in [5, 5.41) is 11.6. The van der Waals surface area contributed by atoms with Crippen molar-refractivity contribution in [2.45, 2.75) is 32.2 Å². The predicted molar refractivity (Wildman–Crippen MR) is 89.4 cm³/mol. The molecule has 0 spiro atoms. The van der Waals surface area contributed by atoms with Gasteiger partial charge in [-0.05, 0) is 30.5 Å². The standard InChI is InChI=1S/C18H21N3O4/c22-11-12-6-7-19(9-12)14-5-4-13-10-20(18(25)15(13)8-14)21-16(23)2-1-3-17(21)24/h4-5,8,12,22H,1-3,6-7,9-11H2. The number of fused-ring (bicyclic) bond motifs is 1. The number of amides is 3. The Morgan fingerprint density at radius 3 is 2.56 bits per heavy atom. The number of hydrogen-bond acceptors (Lipinski definition) is 5. The van der Waals surface area contributed by atoms with Gasteiger partial charge < -0.3 is 10.0 Å². The number of piperidine rings is 1. The van der Waals surface area contributed by atoms with Gasteiger partial charge in [-0.25, -0.2) is 5.01 Å². The van der Waals surface area contributed by atoms with Crippen LogP contribution in [0.5, 0.6) is 0 Å². The van der Waals surface area contributed by atoms with Crippen molar-refractivity contribution in [2.75, 3.05) is 24.6 Å². The molecule has 0 bridgehead atoms. The summed E-state index contributed by atoms with van der Waals surface area (Å²) in [6.45, 7) is 2.06. The van der Waals surface area contributed by atoms with Gasteiger partial charge in [-0.1, -0.05) is 6.07 Å². The summed E-state index contributed by atoms with van der Waals surface area (Å²) in [5.74, 6) is -0.631. The molecule has 25 heavy (non-hydrogen) atoms. The van der Waals surface area contributed by atoms with Crippen LogP contribution in [0.25, 0.3) is 0 Å². The lowest BCUT2D eigenvalue weighted by molar-refractivity contribution is -0.163. The van der Waals surface area contributed by atoms with E-state index in [1.807, 2.05) is 18.2 Å². The Morgan fingerprint density at radius 2 is 1.88 bits per heavy atom. The third-order valence-electron chi connectivity index (χ3n) is 5.28. The van der Waals surface area contributed by atoms with Crippen LogP contribution in [-0.4, -0.2) is 52.5 Å². The number of aliphatic hydroxyl groups excluding tert-OH is 1. The van der Waals surface area contributed by atoms with Crippen molar-refractivity contribution in [1.82, 2.24) is 10.0 Å². The van der Waals surface area contributed by atoms with E-state index >= 15 is 0 Å². The summed E-state index contributed by atoms with van der Waals surface area (Å²) in [7, 11) is 0. The number of anilines is 1. The van der Waals surface area contributed by atoms with Crippen molar-refractivity contribution in [3.05, 3.63) is 29.3 Å². The first kappa shape index (κ1) is 16.1. The molecular formula is C18H21N3O4. The summed E-state index contributed by atoms with van der Waals surface area (Å²) in [5.41, 5.74) is 2.33. The quantitative estimate of drug-likeness (QED) is 0.825. The van der Waals surface area contributed by atoms with Crippen LogP contribution in [0.4, 0.5) is 5.69 Å². The average molecular weight is 343 g/mol. The maximum atomic E-state index is 12.8. The van der Waals surface area contributed by atoms with E-state index in [-0.39, 0.29) is 36.8 Å². The van der Waals surface area contributed by atoms with Crippen LogP contribution < -0.4 is 4.90 Å². The van der Waals surface area contributed by atoms with Crippen molar-refractivity contribution < 1.29 is 19.5 Å². The highest BCUT2D eigenvalue weighted by molar-refractivity contribution is 6.05. The molecule has 0 aliphatic carbocycles. The zero-order chi connectivity index (χ0) is 17.6. The summed E-state index contributed by atoms with van der Waals surface area (Å²) >= 11 is 0. The third kappa shape index (κ3) is 2.68. The Labute approximate surface area is 145 Å². The minimum atomic E-state index is -0.303. The van der Waals surface area contributed by atoms with E-state index in [0.717, 1.165) is 35.8 Å². The topological polar surface area (TPSA) is 81.2 Å². The lowest BCUT2D eigenvalue weighted by atomic mass is 10.1. The van der Waals surface area contributed by atoms with E-state index in [2.05, 4.69) is 4.90 Å². The predicted octanol–water partition coefficient (Wildman–Crippen LogP) is 0.915. The second kappa shape index (κ2) is 6.15. The zero-order valence-electron chi connectivity index (χ0n) is 14.0. The van der Waals surface area contributed by atoms with Gasteiger partial charge in [0.1, 0.15) is 0 Å². The van der Waals surface area contributed by atoms with Crippen LogP contribution in [0.2, 0.25) is 0 Å². The number of rotatable bonds is 3. The van der Waals surface area contributed by atoms with E-state index in [1.165, 1.54) is 5.01 Å². The second-order valence-electron chi connectivity index (χ2n) is 6.94. The lowest BCUT2D eigenvalue weighted by Gasteiger charge is -2.32. The van der Waals surface area contributed by atoms with Crippen molar-refractivity contribution >= 4 is 23.4 Å². The number of imide groups is 1. The molecule has 2 fully saturated rings. The van der Waals surface area contributed by atoms with Gasteiger partial charge in [-0.15, -0.1) is 0 Å². The number of hydrogen-bond donors (Lipinski definition) is 1. The summed E-state index contributed by atoms with van der Waals surface area (Å²) in [6, 6.07) is 5.71. The SMILES string of the molecule is O=C1c2cc(N3CCC(CO)C3)ccc2CN1N1C(=O)CCCC1=O. The number of hydrazine groups is 1. The molecule has 132 valence electrons. The van der Waals surface area contributed by atoms with Crippen molar-refractivity contribution in [3.8, 4) is 0 Å². The van der Waals surface area contributed by atoms with Crippen LogP contribution in [0.15, 0.2) is 18.2 Å². The first-order valence-corrected chi connectivity index (χ1v) is 8.75. The van der Waals surface area contributed by atoms with Gasteiger partial charge in [0, 0.05) is 49.7 Å². The molecule has 3 aliphatic heterocycles. The molecule has 3 aliphatic rings. The monoisotopic (exact) mass is 343 g/mol. The van der Waals surface area contributed by atoms with Gasteiger partial charge in [-0.3, -0.25) is 14.4 Å². The second-order valence-corrected chi connectivity index (χ2v) is 6.94.